The fourth-order valence-corrected chi connectivity index (χ4v) is 1.98. The summed E-state index contributed by atoms with van der Waals surface area (Å²) < 4.78 is 19.9. The molecule has 116 valence electrons. The second-order valence-corrected chi connectivity index (χ2v) is 6.07. The molecule has 1 aromatic rings. The minimum atomic E-state index is -5.01. The van der Waals surface area contributed by atoms with Crippen LogP contribution >= 0.6 is 7.82 Å². The summed E-state index contributed by atoms with van der Waals surface area (Å²) in [5, 5.41) is 0. The third-order valence-electron chi connectivity index (χ3n) is 2.73. The maximum atomic E-state index is 10.4. The molecule has 1 rings (SSSR count). The Labute approximate surface area is 178 Å². The largest absolute Gasteiger partial charge is 1.00 e. The van der Waals surface area contributed by atoms with Gasteiger partial charge in [-0.1, -0.05) is 53.3 Å². The van der Waals surface area contributed by atoms with Crippen molar-refractivity contribution in [1.82, 2.24) is 0 Å². The Hall–Kier alpha value is 1.13. The topological polar surface area (TPSA) is 81.7 Å². The fourth-order valence-electron chi connectivity index (χ4n) is 1.80. The van der Waals surface area contributed by atoms with Gasteiger partial charge in [0.2, 0.25) is 0 Å². The zero-order valence-corrected chi connectivity index (χ0v) is 18.5. The molecule has 0 radical (unpaired) electrons. The molecule has 0 spiro atoms. The third kappa shape index (κ3) is 9.43. The van der Waals surface area contributed by atoms with Crippen molar-refractivity contribution in [2.75, 3.05) is 6.79 Å². The molecule has 1 aromatic carbocycles. The Kier molecular flexibility index (Phi) is 15.9. The molecule has 0 aliphatic heterocycles. The van der Waals surface area contributed by atoms with E-state index in [1.165, 1.54) is 0 Å². The van der Waals surface area contributed by atoms with E-state index in [-0.39, 0.29) is 78.4 Å². The second kappa shape index (κ2) is 12.5. The quantitative estimate of drug-likeness (QED) is 0.307. The maximum absolute atomic E-state index is 10.4. The summed E-state index contributed by atoms with van der Waals surface area (Å²) in [6.45, 7) is 7.46. The minimum Gasteiger partial charge on any atom is -0.790 e. The van der Waals surface area contributed by atoms with Crippen LogP contribution in [0, 0.1) is 0 Å². The van der Waals surface area contributed by atoms with E-state index in [0.29, 0.717) is 5.75 Å². The molecule has 0 aliphatic rings. The van der Waals surface area contributed by atoms with Crippen molar-refractivity contribution < 1.29 is 82.7 Å². The fraction of sp³-hybridized carbons (Fsp3) is 0.571. The molecule has 0 saturated heterocycles. The van der Waals surface area contributed by atoms with Crippen LogP contribution in [0.1, 0.15) is 58.1 Å². The smallest absolute Gasteiger partial charge is 0.790 e. The van der Waals surface area contributed by atoms with Crippen LogP contribution in [0.5, 0.6) is 5.75 Å². The number of hydrogen-bond acceptors (Lipinski definition) is 5. The summed E-state index contributed by atoms with van der Waals surface area (Å²) in [5.41, 5.74) is 1.92. The SMILES string of the molecule is C.CC(C)c1cccc(C(C)C)c1OCOP(=O)([O-])[O-].[Na+].[Na+]. The van der Waals surface area contributed by atoms with E-state index in [0.717, 1.165) is 11.1 Å². The number of rotatable bonds is 6. The van der Waals surface area contributed by atoms with Crippen LogP contribution in [0.3, 0.4) is 0 Å². The first kappa shape index (κ1) is 28.0. The monoisotopic (exact) mass is 348 g/mol. The van der Waals surface area contributed by atoms with Crippen LogP contribution in [0.15, 0.2) is 18.2 Å². The van der Waals surface area contributed by atoms with Crippen LogP contribution in [0.25, 0.3) is 0 Å². The van der Waals surface area contributed by atoms with Gasteiger partial charge in [-0.2, -0.15) is 0 Å². The Morgan fingerprint density at radius 3 is 1.77 bits per heavy atom. The van der Waals surface area contributed by atoms with Crippen molar-refractivity contribution in [3.05, 3.63) is 29.3 Å². The summed E-state index contributed by atoms with van der Waals surface area (Å²) in [5.74, 6) is 1.04. The predicted molar refractivity (Wildman–Crippen MR) is 75.5 cm³/mol. The van der Waals surface area contributed by atoms with Crippen LogP contribution in [0.2, 0.25) is 0 Å². The molecule has 0 amide bonds. The number of benzene rings is 1. The summed E-state index contributed by atoms with van der Waals surface area (Å²) in [6.07, 6.45) is 0. The summed E-state index contributed by atoms with van der Waals surface area (Å²) in [4.78, 5) is 20.9. The summed E-state index contributed by atoms with van der Waals surface area (Å²) >= 11 is 0. The van der Waals surface area contributed by atoms with Gasteiger partial charge in [-0.05, 0) is 23.0 Å². The number of hydrogen-bond donors (Lipinski definition) is 0. The molecule has 0 unspecified atom stereocenters. The number of para-hydroxylation sites is 1. The first-order valence-electron chi connectivity index (χ1n) is 6.14. The molecular weight excluding hydrogens is 325 g/mol. The average molecular weight is 348 g/mol. The van der Waals surface area contributed by atoms with E-state index in [4.69, 9.17) is 4.74 Å². The number of phosphoric acid groups is 1. The van der Waals surface area contributed by atoms with Crippen LogP contribution in [0.4, 0.5) is 0 Å². The Morgan fingerprint density at radius 1 is 1.05 bits per heavy atom. The Bertz CT molecular complexity index is 448. The Balaban J connectivity index is -0.00000120. The normalized spacial score (nSPS) is 10.5. The van der Waals surface area contributed by atoms with Gasteiger partial charge >= 0.3 is 59.1 Å². The Morgan fingerprint density at radius 2 is 1.45 bits per heavy atom. The summed E-state index contributed by atoms with van der Waals surface area (Å²) in [6, 6.07) is 5.77. The van der Waals surface area contributed by atoms with Crippen LogP contribution < -0.4 is 73.6 Å². The van der Waals surface area contributed by atoms with Gasteiger partial charge in [-0.25, -0.2) is 0 Å². The van der Waals surface area contributed by atoms with E-state index in [1.54, 1.807) is 0 Å². The van der Waals surface area contributed by atoms with E-state index < -0.39 is 14.6 Å². The van der Waals surface area contributed by atoms with E-state index >= 15 is 0 Å². The zero-order chi connectivity index (χ0) is 14.6. The first-order valence-corrected chi connectivity index (χ1v) is 7.60. The number of ether oxygens (including phenoxy) is 1. The average Bonchev–Trinajstić information content (AvgIpc) is 2.26. The van der Waals surface area contributed by atoms with Gasteiger partial charge in [0.1, 0.15) is 5.75 Å². The zero-order valence-electron chi connectivity index (χ0n) is 13.6. The van der Waals surface area contributed by atoms with Crippen molar-refractivity contribution in [2.45, 2.75) is 47.0 Å². The maximum Gasteiger partial charge on any atom is 1.00 e. The van der Waals surface area contributed by atoms with Gasteiger partial charge in [-0.3, -0.25) is 0 Å². The molecule has 0 saturated carbocycles. The van der Waals surface area contributed by atoms with Crippen LogP contribution in [-0.2, 0) is 9.09 Å². The first-order chi connectivity index (χ1) is 8.72. The van der Waals surface area contributed by atoms with E-state index in [2.05, 4.69) is 4.52 Å². The molecule has 5 nitrogen and oxygen atoms in total. The van der Waals surface area contributed by atoms with Gasteiger partial charge in [0.15, 0.2) is 6.79 Å². The predicted octanol–water partition coefficient (Wildman–Crippen LogP) is -3.24. The van der Waals surface area contributed by atoms with Crippen molar-refractivity contribution in [3.63, 3.8) is 0 Å². The van der Waals surface area contributed by atoms with E-state index in [1.807, 2.05) is 45.9 Å². The molecule has 0 aromatic heterocycles. The molecule has 8 heteroatoms. The molecule has 0 N–H and O–H groups in total. The van der Waals surface area contributed by atoms with Crippen molar-refractivity contribution >= 4 is 7.82 Å². The van der Waals surface area contributed by atoms with E-state index in [9.17, 15) is 14.4 Å². The van der Waals surface area contributed by atoms with Crippen LogP contribution in [-0.4, -0.2) is 6.79 Å². The minimum absolute atomic E-state index is 0. The molecule has 0 heterocycles. The molecular formula is C14H23Na2O5P. The second-order valence-electron chi connectivity index (χ2n) is 4.91. The molecule has 0 aliphatic carbocycles. The van der Waals surface area contributed by atoms with Crippen molar-refractivity contribution in [3.8, 4) is 5.75 Å². The van der Waals surface area contributed by atoms with Crippen molar-refractivity contribution in [2.24, 2.45) is 0 Å². The van der Waals surface area contributed by atoms with Crippen molar-refractivity contribution in [1.29, 1.82) is 0 Å². The standard InChI is InChI=1S/C13H21O5P.CH4.2Na/c1-9(2)11-6-5-7-12(10(3)4)13(11)17-8-18-19(14,15)16;;;/h5-7,9-10H,8H2,1-4H3,(H2,14,15,16);1H4;;/q;;2*+1/p-2. The van der Waals surface area contributed by atoms with Gasteiger partial charge in [-0.15, -0.1) is 0 Å². The van der Waals surface area contributed by atoms with Gasteiger partial charge < -0.3 is 23.6 Å². The van der Waals surface area contributed by atoms with Gasteiger partial charge in [0, 0.05) is 0 Å². The molecule has 0 bridgehead atoms. The summed E-state index contributed by atoms with van der Waals surface area (Å²) in [7, 11) is -5.01. The molecule has 0 fully saturated rings. The third-order valence-corrected chi connectivity index (χ3v) is 3.16. The molecule has 22 heavy (non-hydrogen) atoms. The van der Waals surface area contributed by atoms with Gasteiger partial charge in [0.05, 0.1) is 7.82 Å². The number of phosphoric ester groups is 1. The molecule has 0 atom stereocenters. The van der Waals surface area contributed by atoms with Gasteiger partial charge in [0.25, 0.3) is 0 Å².